The maximum Gasteiger partial charge on any atom is 0.340 e. The summed E-state index contributed by atoms with van der Waals surface area (Å²) in [6.07, 6.45) is 1.59. The van der Waals surface area contributed by atoms with Gasteiger partial charge in [0.15, 0.2) is 12.4 Å². The summed E-state index contributed by atoms with van der Waals surface area (Å²) >= 11 is 3.31. The summed E-state index contributed by atoms with van der Waals surface area (Å²) in [6, 6.07) is 17.6. The molecule has 0 amide bonds. The summed E-state index contributed by atoms with van der Waals surface area (Å²) in [5, 5.41) is 3.14. The molecule has 6 heteroatoms. The number of ketones is 1. The van der Waals surface area contributed by atoms with Crippen molar-refractivity contribution in [3.8, 4) is 0 Å². The SMILES string of the molecule is O=C(COC(=O)c1ccccc1NCc1ccco1)c1cccc(Br)c1. The van der Waals surface area contributed by atoms with Crippen molar-refractivity contribution < 1.29 is 18.7 Å². The number of para-hydroxylation sites is 1. The number of furan rings is 1. The van der Waals surface area contributed by atoms with Gasteiger partial charge in [-0.3, -0.25) is 4.79 Å². The van der Waals surface area contributed by atoms with E-state index in [9.17, 15) is 9.59 Å². The van der Waals surface area contributed by atoms with Crippen LogP contribution < -0.4 is 5.32 Å². The summed E-state index contributed by atoms with van der Waals surface area (Å²) in [5.74, 6) is -0.0745. The molecule has 0 fully saturated rings. The minimum atomic E-state index is -0.559. The zero-order valence-corrected chi connectivity index (χ0v) is 15.4. The van der Waals surface area contributed by atoms with E-state index in [0.717, 1.165) is 10.2 Å². The van der Waals surface area contributed by atoms with Crippen LogP contribution in [0.3, 0.4) is 0 Å². The molecular weight excluding hydrogens is 398 g/mol. The summed E-state index contributed by atoms with van der Waals surface area (Å²) in [7, 11) is 0. The molecular formula is C20H16BrNO4. The Labute approximate surface area is 159 Å². The van der Waals surface area contributed by atoms with E-state index in [-0.39, 0.29) is 12.4 Å². The first-order chi connectivity index (χ1) is 12.6. The highest BCUT2D eigenvalue weighted by Crippen LogP contribution is 2.18. The summed E-state index contributed by atoms with van der Waals surface area (Å²) in [4.78, 5) is 24.6. The molecule has 0 saturated carbocycles. The third-order valence-corrected chi connectivity index (χ3v) is 4.15. The van der Waals surface area contributed by atoms with Gasteiger partial charge in [0.2, 0.25) is 0 Å². The standard InChI is InChI=1S/C20H16BrNO4/c21-15-6-3-5-14(11-15)19(23)13-26-20(24)17-8-1-2-9-18(17)22-12-16-7-4-10-25-16/h1-11,22H,12-13H2. The number of esters is 1. The van der Waals surface area contributed by atoms with E-state index in [4.69, 9.17) is 9.15 Å². The molecule has 0 saturated heterocycles. The number of hydrogen-bond donors (Lipinski definition) is 1. The number of Topliss-reactive ketones (excluding diaryl/α,β-unsaturated/α-hetero) is 1. The molecule has 26 heavy (non-hydrogen) atoms. The van der Waals surface area contributed by atoms with E-state index in [1.54, 1.807) is 48.7 Å². The van der Waals surface area contributed by atoms with Crippen LogP contribution in [0.1, 0.15) is 26.5 Å². The first kappa shape index (κ1) is 17.9. The molecule has 1 heterocycles. The van der Waals surface area contributed by atoms with Gasteiger partial charge in [-0.1, -0.05) is 40.2 Å². The van der Waals surface area contributed by atoms with Gasteiger partial charge < -0.3 is 14.5 Å². The van der Waals surface area contributed by atoms with Gasteiger partial charge in [-0.05, 0) is 36.4 Å². The van der Waals surface area contributed by atoms with Gasteiger partial charge in [-0.2, -0.15) is 0 Å². The van der Waals surface area contributed by atoms with Crippen LogP contribution in [0.15, 0.2) is 75.8 Å². The lowest BCUT2D eigenvalue weighted by Gasteiger charge is -2.11. The molecule has 0 aliphatic rings. The van der Waals surface area contributed by atoms with E-state index in [2.05, 4.69) is 21.2 Å². The molecule has 5 nitrogen and oxygen atoms in total. The highest BCUT2D eigenvalue weighted by Gasteiger charge is 2.15. The predicted molar refractivity (Wildman–Crippen MR) is 101 cm³/mol. The second-order valence-corrected chi connectivity index (χ2v) is 6.40. The lowest BCUT2D eigenvalue weighted by Crippen LogP contribution is -2.15. The van der Waals surface area contributed by atoms with E-state index in [1.807, 2.05) is 18.2 Å². The Morgan fingerprint density at radius 3 is 2.65 bits per heavy atom. The van der Waals surface area contributed by atoms with Gasteiger partial charge in [0.05, 0.1) is 18.4 Å². The van der Waals surface area contributed by atoms with Crippen molar-refractivity contribution in [3.05, 3.63) is 88.3 Å². The van der Waals surface area contributed by atoms with Crippen LogP contribution in [0, 0.1) is 0 Å². The molecule has 0 aliphatic carbocycles. The number of rotatable bonds is 7. The lowest BCUT2D eigenvalue weighted by molar-refractivity contribution is 0.0475. The fourth-order valence-corrected chi connectivity index (χ4v) is 2.76. The summed E-state index contributed by atoms with van der Waals surface area (Å²) in [6.45, 7) is 0.121. The molecule has 0 atom stereocenters. The predicted octanol–water partition coefficient (Wildman–Crippen LogP) is 4.69. The van der Waals surface area contributed by atoms with Crippen molar-refractivity contribution in [3.63, 3.8) is 0 Å². The number of anilines is 1. The molecule has 0 spiro atoms. The van der Waals surface area contributed by atoms with E-state index >= 15 is 0 Å². The van der Waals surface area contributed by atoms with Crippen molar-refractivity contribution in [2.45, 2.75) is 6.54 Å². The Balaban J connectivity index is 1.63. The van der Waals surface area contributed by atoms with Crippen molar-refractivity contribution >= 4 is 33.4 Å². The van der Waals surface area contributed by atoms with E-state index < -0.39 is 5.97 Å². The summed E-state index contributed by atoms with van der Waals surface area (Å²) in [5.41, 5.74) is 1.46. The zero-order valence-electron chi connectivity index (χ0n) is 13.8. The third-order valence-electron chi connectivity index (χ3n) is 3.66. The summed E-state index contributed by atoms with van der Waals surface area (Å²) < 4.78 is 11.3. The van der Waals surface area contributed by atoms with Crippen molar-refractivity contribution in [1.29, 1.82) is 0 Å². The molecule has 0 bridgehead atoms. The maximum atomic E-state index is 12.4. The van der Waals surface area contributed by atoms with Gasteiger partial charge in [0.25, 0.3) is 0 Å². The lowest BCUT2D eigenvalue weighted by atomic mass is 10.1. The van der Waals surface area contributed by atoms with Gasteiger partial charge in [0.1, 0.15) is 5.76 Å². The fourth-order valence-electron chi connectivity index (χ4n) is 2.36. The normalized spacial score (nSPS) is 10.3. The molecule has 3 rings (SSSR count). The molecule has 0 unspecified atom stereocenters. The monoisotopic (exact) mass is 413 g/mol. The Hall–Kier alpha value is -2.86. The molecule has 132 valence electrons. The number of carbonyl (C=O) groups is 2. The van der Waals surface area contributed by atoms with Gasteiger partial charge >= 0.3 is 5.97 Å². The number of ether oxygens (including phenoxy) is 1. The quantitative estimate of drug-likeness (QED) is 0.449. The number of carbonyl (C=O) groups excluding carboxylic acids is 2. The van der Waals surface area contributed by atoms with Crippen LogP contribution in [-0.4, -0.2) is 18.4 Å². The molecule has 2 aromatic carbocycles. The average molecular weight is 414 g/mol. The molecule has 0 radical (unpaired) electrons. The van der Waals surface area contributed by atoms with Crippen LogP contribution in [0.4, 0.5) is 5.69 Å². The van der Waals surface area contributed by atoms with Crippen LogP contribution in [0.5, 0.6) is 0 Å². The second kappa shape index (κ2) is 8.49. The van der Waals surface area contributed by atoms with Crippen LogP contribution in [-0.2, 0) is 11.3 Å². The van der Waals surface area contributed by atoms with Crippen molar-refractivity contribution in [1.82, 2.24) is 0 Å². The Bertz CT molecular complexity index is 906. The molecule has 0 aliphatic heterocycles. The maximum absolute atomic E-state index is 12.4. The molecule has 1 aromatic heterocycles. The van der Waals surface area contributed by atoms with Crippen molar-refractivity contribution in [2.24, 2.45) is 0 Å². The smallest absolute Gasteiger partial charge is 0.340 e. The Morgan fingerprint density at radius 1 is 1.04 bits per heavy atom. The van der Waals surface area contributed by atoms with Gasteiger partial charge in [0, 0.05) is 15.7 Å². The highest BCUT2D eigenvalue weighted by atomic mass is 79.9. The average Bonchev–Trinajstić information content (AvgIpc) is 3.18. The largest absolute Gasteiger partial charge is 0.467 e. The molecule has 3 aromatic rings. The first-order valence-electron chi connectivity index (χ1n) is 7.94. The zero-order chi connectivity index (χ0) is 18.4. The number of halogens is 1. The van der Waals surface area contributed by atoms with Gasteiger partial charge in [-0.15, -0.1) is 0 Å². The third kappa shape index (κ3) is 4.61. The van der Waals surface area contributed by atoms with Crippen LogP contribution in [0.2, 0.25) is 0 Å². The Morgan fingerprint density at radius 2 is 1.88 bits per heavy atom. The minimum Gasteiger partial charge on any atom is -0.467 e. The highest BCUT2D eigenvalue weighted by molar-refractivity contribution is 9.10. The van der Waals surface area contributed by atoms with Gasteiger partial charge in [-0.25, -0.2) is 4.79 Å². The topological polar surface area (TPSA) is 68.5 Å². The number of benzene rings is 2. The van der Waals surface area contributed by atoms with Crippen LogP contribution in [0.25, 0.3) is 0 Å². The van der Waals surface area contributed by atoms with Crippen LogP contribution >= 0.6 is 15.9 Å². The minimum absolute atomic E-state index is 0.263. The Kier molecular flexibility index (Phi) is 5.86. The second-order valence-electron chi connectivity index (χ2n) is 5.49. The first-order valence-corrected chi connectivity index (χ1v) is 8.74. The molecule has 1 N–H and O–H groups in total. The fraction of sp³-hybridized carbons (Fsp3) is 0.100. The van der Waals surface area contributed by atoms with Crippen molar-refractivity contribution in [2.75, 3.05) is 11.9 Å². The number of hydrogen-bond acceptors (Lipinski definition) is 5. The number of nitrogens with one attached hydrogen (secondary N) is 1. The van der Waals surface area contributed by atoms with E-state index in [0.29, 0.717) is 23.4 Å². The van der Waals surface area contributed by atoms with E-state index in [1.165, 1.54) is 0 Å².